The van der Waals surface area contributed by atoms with Gasteiger partial charge in [0.1, 0.15) is 6.04 Å². The molecule has 0 bridgehead atoms. The maximum Gasteiger partial charge on any atom is 0.242 e. The summed E-state index contributed by atoms with van der Waals surface area (Å²) in [5, 5.41) is 5.82. The zero-order valence-corrected chi connectivity index (χ0v) is 14.4. The minimum Gasteiger partial charge on any atom is -0.375 e. The van der Waals surface area contributed by atoms with Crippen molar-refractivity contribution in [1.82, 2.24) is 15.5 Å². The smallest absolute Gasteiger partial charge is 0.242 e. The van der Waals surface area contributed by atoms with Crippen LogP contribution in [0.3, 0.4) is 0 Å². The van der Waals surface area contributed by atoms with E-state index in [1.807, 2.05) is 6.92 Å². The van der Waals surface area contributed by atoms with E-state index >= 15 is 0 Å². The lowest BCUT2D eigenvalue weighted by molar-refractivity contribution is -0.142. The van der Waals surface area contributed by atoms with Crippen LogP contribution in [0, 0.1) is 0 Å². The molecule has 23 heavy (non-hydrogen) atoms. The molecule has 2 amide bonds. The standard InChI is InChI=1S/C14H25N3O5S/c1-3-17(14(19)13-10(2)22-6-5-15-13)8-12(18)16-11-4-7-23(20,21)9-11/h10-11,13,15H,3-9H2,1-2H3,(H,16,18)/t10-,11?,13+/m1/s1. The van der Waals surface area contributed by atoms with Crippen LogP contribution < -0.4 is 10.6 Å². The summed E-state index contributed by atoms with van der Waals surface area (Å²) in [6.45, 7) is 5.13. The maximum atomic E-state index is 12.5. The van der Waals surface area contributed by atoms with E-state index in [4.69, 9.17) is 4.74 Å². The molecular formula is C14H25N3O5S. The summed E-state index contributed by atoms with van der Waals surface area (Å²) in [7, 11) is -3.04. The van der Waals surface area contributed by atoms with Crippen LogP contribution in [-0.2, 0) is 24.2 Å². The fourth-order valence-electron chi connectivity index (χ4n) is 2.91. The number of amides is 2. The van der Waals surface area contributed by atoms with Gasteiger partial charge in [-0.15, -0.1) is 0 Å². The first-order valence-corrected chi connectivity index (χ1v) is 9.78. The monoisotopic (exact) mass is 347 g/mol. The highest BCUT2D eigenvalue weighted by molar-refractivity contribution is 7.91. The molecule has 9 heteroatoms. The predicted octanol–water partition coefficient (Wildman–Crippen LogP) is -1.48. The van der Waals surface area contributed by atoms with Crippen molar-refractivity contribution in [1.29, 1.82) is 0 Å². The van der Waals surface area contributed by atoms with Crippen molar-refractivity contribution in [2.75, 3.05) is 37.7 Å². The third-order valence-corrected chi connectivity index (χ3v) is 5.98. The highest BCUT2D eigenvalue weighted by Crippen LogP contribution is 2.11. The Balaban J connectivity index is 1.88. The Hall–Kier alpha value is -1.19. The summed E-state index contributed by atoms with van der Waals surface area (Å²) >= 11 is 0. The zero-order valence-electron chi connectivity index (χ0n) is 13.6. The molecule has 2 aliphatic rings. The average molecular weight is 347 g/mol. The highest BCUT2D eigenvalue weighted by atomic mass is 32.2. The van der Waals surface area contributed by atoms with Gasteiger partial charge < -0.3 is 20.3 Å². The normalized spacial score (nSPS) is 29.9. The molecule has 0 aromatic heterocycles. The van der Waals surface area contributed by atoms with Gasteiger partial charge in [-0.2, -0.15) is 0 Å². The third-order valence-electron chi connectivity index (χ3n) is 4.21. The Morgan fingerprint density at radius 2 is 2.13 bits per heavy atom. The second-order valence-electron chi connectivity index (χ2n) is 6.03. The molecule has 1 unspecified atom stereocenters. The molecule has 0 saturated carbocycles. The maximum absolute atomic E-state index is 12.5. The van der Waals surface area contributed by atoms with Crippen LogP contribution in [0.15, 0.2) is 0 Å². The van der Waals surface area contributed by atoms with Crippen LogP contribution in [-0.4, -0.2) is 81.1 Å². The number of hydrogen-bond donors (Lipinski definition) is 2. The fraction of sp³-hybridized carbons (Fsp3) is 0.857. The van der Waals surface area contributed by atoms with Crippen molar-refractivity contribution < 1.29 is 22.7 Å². The number of rotatable bonds is 5. The summed E-state index contributed by atoms with van der Waals surface area (Å²) in [5.41, 5.74) is 0. The van der Waals surface area contributed by atoms with Gasteiger partial charge in [0.2, 0.25) is 11.8 Å². The summed E-state index contributed by atoms with van der Waals surface area (Å²) in [6.07, 6.45) is 0.191. The van der Waals surface area contributed by atoms with Crippen molar-refractivity contribution in [3.63, 3.8) is 0 Å². The fourth-order valence-corrected chi connectivity index (χ4v) is 4.58. The molecule has 0 spiro atoms. The van der Waals surface area contributed by atoms with Crippen molar-refractivity contribution in [3.8, 4) is 0 Å². The molecule has 132 valence electrons. The first kappa shape index (κ1) is 18.2. The number of carbonyl (C=O) groups excluding carboxylic acids is 2. The number of hydrogen-bond acceptors (Lipinski definition) is 6. The van der Waals surface area contributed by atoms with E-state index in [0.717, 1.165) is 0 Å². The van der Waals surface area contributed by atoms with E-state index < -0.39 is 15.9 Å². The van der Waals surface area contributed by atoms with Crippen molar-refractivity contribution in [2.24, 2.45) is 0 Å². The van der Waals surface area contributed by atoms with Crippen molar-refractivity contribution >= 4 is 21.7 Å². The van der Waals surface area contributed by atoms with Gasteiger partial charge in [-0.25, -0.2) is 8.42 Å². The first-order valence-electron chi connectivity index (χ1n) is 7.96. The lowest BCUT2D eigenvalue weighted by atomic mass is 10.1. The molecule has 2 rings (SSSR count). The van der Waals surface area contributed by atoms with Gasteiger partial charge in [-0.05, 0) is 20.3 Å². The number of likely N-dealkylation sites (N-methyl/N-ethyl adjacent to an activating group) is 1. The molecule has 8 nitrogen and oxygen atoms in total. The Morgan fingerprint density at radius 1 is 1.39 bits per heavy atom. The SMILES string of the molecule is CCN(CC(=O)NC1CCS(=O)(=O)C1)C(=O)[C@H]1NCCO[C@@H]1C. The second kappa shape index (κ2) is 7.59. The van der Waals surface area contributed by atoms with Gasteiger partial charge in [-0.3, -0.25) is 9.59 Å². The molecule has 0 aromatic carbocycles. The van der Waals surface area contributed by atoms with Crippen molar-refractivity contribution in [2.45, 2.75) is 38.5 Å². The zero-order chi connectivity index (χ0) is 17.0. The lowest BCUT2D eigenvalue weighted by Crippen LogP contribution is -2.57. The molecule has 0 aromatic rings. The van der Waals surface area contributed by atoms with Gasteiger partial charge in [0.15, 0.2) is 9.84 Å². The van der Waals surface area contributed by atoms with E-state index in [9.17, 15) is 18.0 Å². The van der Waals surface area contributed by atoms with Crippen LogP contribution in [0.5, 0.6) is 0 Å². The largest absolute Gasteiger partial charge is 0.375 e. The lowest BCUT2D eigenvalue weighted by Gasteiger charge is -2.33. The molecule has 0 aliphatic carbocycles. The topological polar surface area (TPSA) is 105 Å². The molecule has 0 radical (unpaired) electrons. The summed E-state index contributed by atoms with van der Waals surface area (Å²) in [5.74, 6) is -0.413. The molecule has 2 aliphatic heterocycles. The van der Waals surface area contributed by atoms with Crippen LogP contribution in [0.1, 0.15) is 20.3 Å². The van der Waals surface area contributed by atoms with Crippen LogP contribution >= 0.6 is 0 Å². The van der Waals surface area contributed by atoms with Crippen LogP contribution in [0.25, 0.3) is 0 Å². The van der Waals surface area contributed by atoms with E-state index in [-0.39, 0.29) is 42.0 Å². The van der Waals surface area contributed by atoms with E-state index in [2.05, 4.69) is 10.6 Å². The number of nitrogens with zero attached hydrogens (tertiary/aromatic N) is 1. The Bertz CT molecular complexity index is 551. The Kier molecular flexibility index (Phi) is 5.99. The minimum atomic E-state index is -3.04. The first-order chi connectivity index (χ1) is 10.8. The van der Waals surface area contributed by atoms with Gasteiger partial charge in [0.05, 0.1) is 30.8 Å². The molecular weight excluding hydrogens is 322 g/mol. The number of morpholine rings is 1. The second-order valence-corrected chi connectivity index (χ2v) is 8.26. The Morgan fingerprint density at radius 3 is 2.70 bits per heavy atom. The highest BCUT2D eigenvalue weighted by Gasteiger charge is 2.33. The van der Waals surface area contributed by atoms with Gasteiger partial charge in [0, 0.05) is 19.1 Å². The molecule has 3 atom stereocenters. The third kappa shape index (κ3) is 4.89. The van der Waals surface area contributed by atoms with E-state index in [0.29, 0.717) is 26.1 Å². The predicted molar refractivity (Wildman–Crippen MR) is 84.7 cm³/mol. The minimum absolute atomic E-state index is 0.0200. The molecule has 2 heterocycles. The average Bonchev–Trinajstić information content (AvgIpc) is 2.83. The Labute approximate surface area is 136 Å². The molecule has 2 N–H and O–H groups in total. The van der Waals surface area contributed by atoms with E-state index in [1.54, 1.807) is 6.92 Å². The summed E-state index contributed by atoms with van der Waals surface area (Å²) in [4.78, 5) is 26.1. The van der Waals surface area contributed by atoms with Crippen molar-refractivity contribution in [3.05, 3.63) is 0 Å². The number of carbonyl (C=O) groups is 2. The number of sulfone groups is 1. The number of ether oxygens (including phenoxy) is 1. The van der Waals surface area contributed by atoms with Crippen LogP contribution in [0.2, 0.25) is 0 Å². The van der Waals surface area contributed by atoms with Gasteiger partial charge in [0.25, 0.3) is 0 Å². The molecule has 2 saturated heterocycles. The van der Waals surface area contributed by atoms with Gasteiger partial charge >= 0.3 is 0 Å². The summed E-state index contributed by atoms with van der Waals surface area (Å²) < 4.78 is 28.3. The molecule has 2 fully saturated rings. The van der Waals surface area contributed by atoms with E-state index in [1.165, 1.54) is 4.90 Å². The van der Waals surface area contributed by atoms with Crippen LogP contribution in [0.4, 0.5) is 0 Å². The van der Waals surface area contributed by atoms with Gasteiger partial charge in [-0.1, -0.05) is 0 Å². The quantitative estimate of drug-likeness (QED) is 0.628. The number of nitrogens with one attached hydrogen (secondary N) is 2. The summed E-state index contributed by atoms with van der Waals surface area (Å²) in [6, 6.07) is -0.806.